The van der Waals surface area contributed by atoms with Crippen molar-refractivity contribution < 1.29 is 9.53 Å². The summed E-state index contributed by atoms with van der Waals surface area (Å²) in [7, 11) is 0. The van der Waals surface area contributed by atoms with Gasteiger partial charge in [0.25, 0.3) is 0 Å². The lowest BCUT2D eigenvalue weighted by atomic mass is 9.78. The van der Waals surface area contributed by atoms with Gasteiger partial charge in [-0.2, -0.15) is 0 Å². The molecule has 29 heavy (non-hydrogen) atoms. The number of amides is 1. The molecule has 1 amide bonds. The summed E-state index contributed by atoms with van der Waals surface area (Å²) in [6.45, 7) is 5.11. The molecular formula is C24H29BrN2O2. The second kappa shape index (κ2) is 9.41. The molecule has 4 nitrogen and oxygen atoms in total. The average molecular weight is 457 g/mol. The minimum absolute atomic E-state index is 0.163. The molecule has 1 saturated heterocycles. The van der Waals surface area contributed by atoms with Crippen LogP contribution in [0.2, 0.25) is 0 Å². The van der Waals surface area contributed by atoms with Gasteiger partial charge in [-0.25, -0.2) is 0 Å². The lowest BCUT2D eigenvalue weighted by molar-refractivity contribution is -0.126. The molecule has 1 aliphatic carbocycles. The van der Waals surface area contributed by atoms with Crippen LogP contribution < -0.4 is 5.32 Å². The van der Waals surface area contributed by atoms with Crippen LogP contribution >= 0.6 is 15.9 Å². The first-order valence-corrected chi connectivity index (χ1v) is 11.4. The number of ether oxygens (including phenoxy) is 1. The van der Waals surface area contributed by atoms with E-state index in [2.05, 4.69) is 62.5 Å². The van der Waals surface area contributed by atoms with Gasteiger partial charge in [-0.3, -0.25) is 9.69 Å². The van der Waals surface area contributed by atoms with Crippen molar-refractivity contribution in [3.8, 4) is 0 Å². The van der Waals surface area contributed by atoms with Crippen molar-refractivity contribution in [3.63, 3.8) is 0 Å². The zero-order valence-corrected chi connectivity index (χ0v) is 18.4. The fraction of sp³-hybridized carbons (Fsp3) is 0.458. The van der Waals surface area contributed by atoms with E-state index >= 15 is 0 Å². The number of benzene rings is 2. The topological polar surface area (TPSA) is 41.6 Å². The van der Waals surface area contributed by atoms with Gasteiger partial charge in [0, 0.05) is 30.7 Å². The summed E-state index contributed by atoms with van der Waals surface area (Å²) in [5.41, 5.74) is 3.21. The van der Waals surface area contributed by atoms with E-state index in [4.69, 9.17) is 4.74 Å². The molecular weight excluding hydrogens is 428 g/mol. The molecule has 0 aromatic heterocycles. The second-order valence-electron chi connectivity index (χ2n) is 8.19. The summed E-state index contributed by atoms with van der Waals surface area (Å²) in [6.07, 6.45) is 4.08. The van der Waals surface area contributed by atoms with Crippen LogP contribution in [0, 0.1) is 0 Å². The quantitative estimate of drug-likeness (QED) is 0.699. The van der Waals surface area contributed by atoms with Crippen LogP contribution in [-0.2, 0) is 28.0 Å². The third-order valence-corrected chi connectivity index (χ3v) is 6.77. The van der Waals surface area contributed by atoms with Crippen LogP contribution in [0.4, 0.5) is 0 Å². The molecule has 2 aromatic carbocycles. The summed E-state index contributed by atoms with van der Waals surface area (Å²) >= 11 is 3.50. The number of hydrogen-bond donors (Lipinski definition) is 1. The van der Waals surface area contributed by atoms with Crippen molar-refractivity contribution in [3.05, 3.63) is 69.7 Å². The van der Waals surface area contributed by atoms with E-state index < -0.39 is 0 Å². The standard InChI is InChI=1S/C24H29BrN2O2/c25-22-8-6-21(7-9-22)24(10-1-2-11-24)23(28)26-17-19-4-3-5-20(16-19)18-27-12-14-29-15-13-27/h3-9,16H,1-2,10-15,17-18H2,(H,26,28). The average Bonchev–Trinajstić information content (AvgIpc) is 3.25. The van der Waals surface area contributed by atoms with E-state index in [9.17, 15) is 4.79 Å². The van der Waals surface area contributed by atoms with Crippen molar-refractivity contribution in [2.24, 2.45) is 0 Å². The maximum absolute atomic E-state index is 13.3. The number of carbonyl (C=O) groups is 1. The van der Waals surface area contributed by atoms with E-state index in [1.54, 1.807) is 0 Å². The van der Waals surface area contributed by atoms with Crippen molar-refractivity contribution >= 4 is 21.8 Å². The minimum atomic E-state index is -0.383. The first-order chi connectivity index (χ1) is 14.2. The van der Waals surface area contributed by atoms with Gasteiger partial charge < -0.3 is 10.1 Å². The first kappa shape index (κ1) is 20.6. The Morgan fingerprint density at radius 1 is 1.03 bits per heavy atom. The Morgan fingerprint density at radius 2 is 1.72 bits per heavy atom. The van der Waals surface area contributed by atoms with Crippen LogP contribution in [-0.4, -0.2) is 37.1 Å². The molecule has 0 spiro atoms. The number of nitrogens with zero attached hydrogens (tertiary/aromatic N) is 1. The third-order valence-electron chi connectivity index (χ3n) is 6.24. The predicted molar refractivity (Wildman–Crippen MR) is 119 cm³/mol. The highest BCUT2D eigenvalue weighted by molar-refractivity contribution is 9.10. The van der Waals surface area contributed by atoms with Crippen molar-refractivity contribution in [1.29, 1.82) is 0 Å². The molecule has 1 heterocycles. The van der Waals surface area contributed by atoms with Gasteiger partial charge in [-0.15, -0.1) is 0 Å². The van der Waals surface area contributed by atoms with Gasteiger partial charge in [0.2, 0.25) is 5.91 Å². The van der Waals surface area contributed by atoms with E-state index in [0.29, 0.717) is 6.54 Å². The van der Waals surface area contributed by atoms with Crippen molar-refractivity contribution in [2.45, 2.75) is 44.2 Å². The highest BCUT2D eigenvalue weighted by Gasteiger charge is 2.42. The van der Waals surface area contributed by atoms with Gasteiger partial charge in [-0.1, -0.05) is 65.2 Å². The fourth-order valence-corrected chi connectivity index (χ4v) is 4.87. The maximum atomic E-state index is 13.3. The molecule has 2 aliphatic rings. The van der Waals surface area contributed by atoms with Crippen molar-refractivity contribution in [2.75, 3.05) is 26.3 Å². The van der Waals surface area contributed by atoms with Gasteiger partial charge in [0.1, 0.15) is 0 Å². The van der Waals surface area contributed by atoms with Crippen LogP contribution in [0.3, 0.4) is 0 Å². The second-order valence-corrected chi connectivity index (χ2v) is 9.10. The summed E-state index contributed by atoms with van der Waals surface area (Å²) < 4.78 is 6.48. The molecule has 1 N–H and O–H groups in total. The Kier molecular flexibility index (Phi) is 6.68. The first-order valence-electron chi connectivity index (χ1n) is 10.6. The summed E-state index contributed by atoms with van der Waals surface area (Å²) in [4.78, 5) is 15.7. The minimum Gasteiger partial charge on any atom is -0.379 e. The maximum Gasteiger partial charge on any atom is 0.230 e. The number of hydrogen-bond acceptors (Lipinski definition) is 3. The van der Waals surface area contributed by atoms with Crippen LogP contribution in [0.5, 0.6) is 0 Å². The molecule has 0 radical (unpaired) electrons. The number of rotatable bonds is 6. The van der Waals surface area contributed by atoms with Gasteiger partial charge >= 0.3 is 0 Å². The Hall–Kier alpha value is -1.69. The van der Waals surface area contributed by atoms with E-state index in [1.165, 1.54) is 5.56 Å². The highest BCUT2D eigenvalue weighted by atomic mass is 79.9. The molecule has 2 aromatic rings. The fourth-order valence-electron chi connectivity index (χ4n) is 4.60. The van der Waals surface area contributed by atoms with Crippen molar-refractivity contribution in [1.82, 2.24) is 10.2 Å². The number of morpholine rings is 1. The third kappa shape index (κ3) is 4.90. The van der Waals surface area contributed by atoms with Gasteiger partial charge in [-0.05, 0) is 41.7 Å². The zero-order chi connectivity index (χ0) is 20.1. The highest BCUT2D eigenvalue weighted by Crippen LogP contribution is 2.41. The summed E-state index contributed by atoms with van der Waals surface area (Å²) in [6, 6.07) is 16.9. The van der Waals surface area contributed by atoms with Crippen LogP contribution in [0.15, 0.2) is 53.0 Å². The number of carbonyl (C=O) groups excluding carboxylic acids is 1. The number of nitrogens with one attached hydrogen (secondary N) is 1. The molecule has 4 rings (SSSR count). The lowest BCUT2D eigenvalue weighted by Gasteiger charge is -2.28. The van der Waals surface area contributed by atoms with E-state index in [1.807, 2.05) is 12.1 Å². The molecule has 1 saturated carbocycles. The smallest absolute Gasteiger partial charge is 0.230 e. The summed E-state index contributed by atoms with van der Waals surface area (Å²) in [5.74, 6) is 0.163. The zero-order valence-electron chi connectivity index (χ0n) is 16.8. The Balaban J connectivity index is 1.41. The Morgan fingerprint density at radius 3 is 2.45 bits per heavy atom. The Labute approximate surface area is 181 Å². The van der Waals surface area contributed by atoms with Crippen LogP contribution in [0.1, 0.15) is 42.4 Å². The van der Waals surface area contributed by atoms with E-state index in [0.717, 1.165) is 74.1 Å². The van der Waals surface area contributed by atoms with Gasteiger partial charge in [0.05, 0.1) is 18.6 Å². The molecule has 0 bridgehead atoms. The van der Waals surface area contributed by atoms with E-state index in [-0.39, 0.29) is 11.3 Å². The van der Waals surface area contributed by atoms with Gasteiger partial charge in [0.15, 0.2) is 0 Å². The lowest BCUT2D eigenvalue weighted by Crippen LogP contribution is -2.42. The number of halogens is 1. The SMILES string of the molecule is O=C(NCc1cccc(CN2CCOCC2)c1)C1(c2ccc(Br)cc2)CCCC1. The Bertz CT molecular complexity index is 825. The molecule has 154 valence electrons. The molecule has 0 atom stereocenters. The monoisotopic (exact) mass is 456 g/mol. The normalized spacial score (nSPS) is 19.2. The molecule has 2 fully saturated rings. The largest absolute Gasteiger partial charge is 0.379 e. The summed E-state index contributed by atoms with van der Waals surface area (Å²) in [5, 5.41) is 3.24. The molecule has 1 aliphatic heterocycles. The molecule has 0 unspecified atom stereocenters. The van der Waals surface area contributed by atoms with Crippen LogP contribution in [0.25, 0.3) is 0 Å². The molecule has 5 heteroatoms. The predicted octanol–water partition coefficient (Wildman–Crippen LogP) is 4.41.